The monoisotopic (exact) mass is 551 g/mol. The van der Waals surface area contributed by atoms with Gasteiger partial charge in [0.25, 0.3) is 0 Å². The SMILES string of the molecule is c1ccc(N(c2ccc(-n3c4ccccc4c4ccc5ccccc5c43)cc2)c2cnc3oc4ccccc4c3c2)cc1. The number of fused-ring (bicyclic) bond motifs is 8. The van der Waals surface area contributed by atoms with Crippen molar-refractivity contribution in [3.63, 3.8) is 0 Å². The van der Waals surface area contributed by atoms with Crippen LogP contribution in [-0.4, -0.2) is 9.55 Å². The van der Waals surface area contributed by atoms with Crippen molar-refractivity contribution in [1.29, 1.82) is 0 Å². The first-order valence-corrected chi connectivity index (χ1v) is 14.5. The molecule has 0 aliphatic heterocycles. The van der Waals surface area contributed by atoms with Crippen molar-refractivity contribution in [1.82, 2.24) is 9.55 Å². The summed E-state index contributed by atoms with van der Waals surface area (Å²) in [5.41, 5.74) is 8.12. The lowest BCUT2D eigenvalue weighted by molar-refractivity contribution is 0.654. The molecule has 0 unspecified atom stereocenters. The van der Waals surface area contributed by atoms with Gasteiger partial charge in [0.15, 0.2) is 0 Å². The molecule has 9 rings (SSSR count). The summed E-state index contributed by atoms with van der Waals surface area (Å²) in [6.45, 7) is 0. The molecule has 3 aromatic heterocycles. The molecule has 0 spiro atoms. The lowest BCUT2D eigenvalue weighted by Crippen LogP contribution is -2.10. The van der Waals surface area contributed by atoms with Crippen molar-refractivity contribution in [2.24, 2.45) is 0 Å². The highest BCUT2D eigenvalue weighted by Gasteiger charge is 2.18. The van der Waals surface area contributed by atoms with Crippen molar-refractivity contribution in [2.45, 2.75) is 0 Å². The van der Waals surface area contributed by atoms with Gasteiger partial charge in [-0.2, -0.15) is 0 Å². The zero-order valence-corrected chi connectivity index (χ0v) is 23.2. The zero-order valence-electron chi connectivity index (χ0n) is 23.2. The van der Waals surface area contributed by atoms with Crippen LogP contribution in [0.2, 0.25) is 0 Å². The Hall–Kier alpha value is -5.87. The number of aromatic nitrogens is 2. The van der Waals surface area contributed by atoms with Crippen LogP contribution in [0.5, 0.6) is 0 Å². The molecule has 0 radical (unpaired) electrons. The second kappa shape index (κ2) is 9.33. The second-order valence-electron chi connectivity index (χ2n) is 10.9. The van der Waals surface area contributed by atoms with E-state index in [1.165, 1.54) is 32.6 Å². The molecule has 0 aliphatic rings. The first-order valence-electron chi connectivity index (χ1n) is 14.5. The van der Waals surface area contributed by atoms with Gasteiger partial charge in [-0.3, -0.25) is 0 Å². The minimum atomic E-state index is 0.645. The van der Waals surface area contributed by atoms with Gasteiger partial charge in [-0.1, -0.05) is 91.0 Å². The Balaban J connectivity index is 1.24. The predicted molar refractivity (Wildman–Crippen MR) is 178 cm³/mol. The van der Waals surface area contributed by atoms with Crippen LogP contribution in [-0.2, 0) is 0 Å². The van der Waals surface area contributed by atoms with Crippen molar-refractivity contribution >= 4 is 71.7 Å². The Labute approximate surface area is 247 Å². The Bertz CT molecular complexity index is 2450. The summed E-state index contributed by atoms with van der Waals surface area (Å²) in [6.07, 6.45) is 1.89. The van der Waals surface area contributed by atoms with E-state index in [2.05, 4.69) is 131 Å². The van der Waals surface area contributed by atoms with Gasteiger partial charge in [0.1, 0.15) is 5.58 Å². The molecule has 0 N–H and O–H groups in total. The predicted octanol–water partition coefficient (Wildman–Crippen LogP) is 10.7. The van der Waals surface area contributed by atoms with Crippen LogP contribution >= 0.6 is 0 Å². The average molecular weight is 552 g/mol. The fourth-order valence-corrected chi connectivity index (χ4v) is 6.49. The molecule has 0 aliphatic carbocycles. The minimum absolute atomic E-state index is 0.645. The van der Waals surface area contributed by atoms with Crippen LogP contribution in [0, 0.1) is 0 Å². The van der Waals surface area contributed by atoms with Gasteiger partial charge in [0, 0.05) is 38.6 Å². The number of benzene rings is 6. The summed E-state index contributed by atoms with van der Waals surface area (Å²) < 4.78 is 8.42. The molecule has 0 atom stereocenters. The Kier molecular flexibility index (Phi) is 5.16. The average Bonchev–Trinajstić information content (AvgIpc) is 3.62. The van der Waals surface area contributed by atoms with Gasteiger partial charge >= 0.3 is 0 Å². The Morgan fingerprint density at radius 2 is 1.21 bits per heavy atom. The standard InChI is InChI=1S/C39H25N3O/c1-2-11-27(12-3-1)41(30-24-35-33-15-7-9-17-37(33)43-39(35)40-25-30)28-19-21-29(22-20-28)42-36-16-8-6-14-32(36)34-23-18-26-10-4-5-13-31(26)38(34)42/h1-25H. The fraction of sp³-hybridized carbons (Fsp3) is 0. The normalized spacial score (nSPS) is 11.7. The largest absolute Gasteiger partial charge is 0.438 e. The van der Waals surface area contributed by atoms with E-state index in [1.54, 1.807) is 0 Å². The smallest absolute Gasteiger partial charge is 0.227 e. The molecule has 0 fully saturated rings. The van der Waals surface area contributed by atoms with Crippen molar-refractivity contribution in [3.05, 3.63) is 152 Å². The third kappa shape index (κ3) is 3.67. The van der Waals surface area contributed by atoms with Crippen molar-refractivity contribution < 1.29 is 4.42 Å². The molecule has 0 bridgehead atoms. The minimum Gasteiger partial charge on any atom is -0.438 e. The first-order chi connectivity index (χ1) is 21.3. The third-order valence-corrected chi connectivity index (χ3v) is 8.42. The summed E-state index contributed by atoms with van der Waals surface area (Å²) in [4.78, 5) is 6.98. The molecule has 43 heavy (non-hydrogen) atoms. The number of hydrogen-bond donors (Lipinski definition) is 0. The topological polar surface area (TPSA) is 34.2 Å². The second-order valence-corrected chi connectivity index (χ2v) is 10.9. The maximum Gasteiger partial charge on any atom is 0.227 e. The van der Waals surface area contributed by atoms with Crippen LogP contribution in [0.1, 0.15) is 0 Å². The van der Waals surface area contributed by atoms with E-state index in [4.69, 9.17) is 9.40 Å². The van der Waals surface area contributed by atoms with Crippen LogP contribution in [0.25, 0.3) is 60.3 Å². The molecule has 6 aromatic carbocycles. The van der Waals surface area contributed by atoms with E-state index in [0.29, 0.717) is 5.71 Å². The lowest BCUT2D eigenvalue weighted by Gasteiger charge is -2.25. The van der Waals surface area contributed by atoms with E-state index in [1.807, 2.05) is 30.5 Å². The third-order valence-electron chi connectivity index (χ3n) is 8.42. The molecule has 4 heteroatoms. The quantitative estimate of drug-likeness (QED) is 0.218. The summed E-state index contributed by atoms with van der Waals surface area (Å²) >= 11 is 0. The van der Waals surface area contributed by atoms with Gasteiger partial charge in [-0.25, -0.2) is 4.98 Å². The van der Waals surface area contributed by atoms with Gasteiger partial charge in [0.2, 0.25) is 5.71 Å². The maximum absolute atomic E-state index is 6.02. The number of anilines is 3. The molecular weight excluding hydrogens is 526 g/mol. The van der Waals surface area contributed by atoms with Crippen molar-refractivity contribution in [2.75, 3.05) is 4.90 Å². The van der Waals surface area contributed by atoms with Crippen LogP contribution in [0.3, 0.4) is 0 Å². The number of nitrogens with zero attached hydrogens (tertiary/aromatic N) is 3. The van der Waals surface area contributed by atoms with Gasteiger partial charge in [-0.05, 0) is 60.0 Å². The van der Waals surface area contributed by atoms with Crippen molar-refractivity contribution in [3.8, 4) is 5.69 Å². The number of pyridine rings is 1. The van der Waals surface area contributed by atoms with Crippen LogP contribution in [0.15, 0.2) is 156 Å². The van der Waals surface area contributed by atoms with E-state index in [9.17, 15) is 0 Å². The first kappa shape index (κ1) is 23.8. The summed E-state index contributed by atoms with van der Waals surface area (Å²) in [7, 11) is 0. The summed E-state index contributed by atoms with van der Waals surface area (Å²) in [5.74, 6) is 0. The number of para-hydroxylation sites is 3. The van der Waals surface area contributed by atoms with Gasteiger partial charge < -0.3 is 13.9 Å². The zero-order chi connectivity index (χ0) is 28.3. The molecule has 9 aromatic rings. The number of furan rings is 1. The fourth-order valence-electron chi connectivity index (χ4n) is 6.49. The molecule has 0 saturated heterocycles. The highest BCUT2D eigenvalue weighted by molar-refractivity contribution is 6.18. The molecule has 202 valence electrons. The number of rotatable bonds is 4. The van der Waals surface area contributed by atoms with E-state index in [0.717, 1.165) is 39.1 Å². The maximum atomic E-state index is 6.02. The number of hydrogen-bond acceptors (Lipinski definition) is 3. The molecule has 3 heterocycles. The Morgan fingerprint density at radius 1 is 0.512 bits per heavy atom. The van der Waals surface area contributed by atoms with Crippen LogP contribution < -0.4 is 4.90 Å². The molecule has 4 nitrogen and oxygen atoms in total. The van der Waals surface area contributed by atoms with E-state index in [-0.39, 0.29) is 0 Å². The highest BCUT2D eigenvalue weighted by Crippen LogP contribution is 2.40. The van der Waals surface area contributed by atoms with Gasteiger partial charge in [-0.15, -0.1) is 0 Å². The van der Waals surface area contributed by atoms with E-state index >= 15 is 0 Å². The van der Waals surface area contributed by atoms with Gasteiger partial charge in [0.05, 0.1) is 28.3 Å². The highest BCUT2D eigenvalue weighted by atomic mass is 16.3. The summed E-state index contributed by atoms with van der Waals surface area (Å²) in [6, 6.07) is 51.3. The molecular formula is C39H25N3O. The summed E-state index contributed by atoms with van der Waals surface area (Å²) in [5, 5.41) is 7.07. The lowest BCUT2D eigenvalue weighted by atomic mass is 10.1. The van der Waals surface area contributed by atoms with E-state index < -0.39 is 0 Å². The molecule has 0 saturated carbocycles. The molecule has 0 amide bonds. The van der Waals surface area contributed by atoms with Crippen LogP contribution in [0.4, 0.5) is 17.1 Å². The Morgan fingerprint density at radius 3 is 2.07 bits per heavy atom.